The van der Waals surface area contributed by atoms with E-state index >= 15 is 0 Å². The topological polar surface area (TPSA) is 40.5 Å². The molecule has 0 spiro atoms. The molecule has 0 aliphatic heterocycles. The molecule has 2 nitrogen and oxygen atoms in total. The first-order valence-electron chi connectivity index (χ1n) is 4.46. The summed E-state index contributed by atoms with van der Waals surface area (Å²) < 4.78 is 105. The van der Waals surface area contributed by atoms with E-state index in [2.05, 4.69) is 0 Å². The smallest absolute Gasteiger partial charge is 0.335 e. The van der Waals surface area contributed by atoms with Gasteiger partial charge in [0.15, 0.2) is 23.3 Å². The maximum atomic E-state index is 13.3. The molecule has 0 amide bonds. The van der Waals surface area contributed by atoms with Crippen LogP contribution in [0.25, 0.3) is 0 Å². The summed E-state index contributed by atoms with van der Waals surface area (Å²) in [6.45, 7) is 0. The molecule has 0 atom stereocenters. The Labute approximate surface area is 98.4 Å². The van der Waals surface area contributed by atoms with Gasteiger partial charge in [0.25, 0.3) is 0 Å². The molecule has 0 radical (unpaired) electrons. The van der Waals surface area contributed by atoms with Crippen molar-refractivity contribution in [3.05, 3.63) is 34.4 Å². The number of hydrogen-bond donors (Lipinski definition) is 2. The van der Waals surface area contributed by atoms with Gasteiger partial charge >= 0.3 is 17.6 Å². The first-order chi connectivity index (χ1) is 8.39. The number of rotatable bonds is 0. The van der Waals surface area contributed by atoms with Gasteiger partial charge in [-0.2, -0.15) is 17.6 Å². The zero-order valence-corrected chi connectivity index (χ0v) is 8.42. The second-order valence-electron chi connectivity index (χ2n) is 3.83. The summed E-state index contributed by atoms with van der Waals surface area (Å²) in [5.41, 5.74) is -5.25. The SMILES string of the molecule is OC1(O)C(F)(F)c2c(F)c(F)c(F)c(F)c2C1(F)F. The van der Waals surface area contributed by atoms with Crippen molar-refractivity contribution in [1.29, 1.82) is 0 Å². The molecule has 0 saturated carbocycles. The van der Waals surface area contributed by atoms with Crippen LogP contribution in [0, 0.1) is 23.3 Å². The monoisotopic (exact) mass is 294 g/mol. The summed E-state index contributed by atoms with van der Waals surface area (Å²) in [5, 5.41) is 17.4. The van der Waals surface area contributed by atoms with E-state index in [9.17, 15) is 35.1 Å². The molecule has 0 heterocycles. The number of aliphatic hydroxyl groups is 2. The quantitative estimate of drug-likeness (QED) is 0.333. The molecule has 1 aliphatic rings. The lowest BCUT2D eigenvalue weighted by Gasteiger charge is -2.28. The lowest BCUT2D eigenvalue weighted by molar-refractivity contribution is -0.377. The van der Waals surface area contributed by atoms with E-state index < -0.39 is 52.0 Å². The minimum atomic E-state index is -5.44. The molecule has 0 unspecified atom stereocenters. The van der Waals surface area contributed by atoms with E-state index in [1.807, 2.05) is 0 Å². The Balaban J connectivity index is 3.02. The minimum absolute atomic E-state index is 2.63. The van der Waals surface area contributed by atoms with Crippen LogP contribution in [0.4, 0.5) is 35.1 Å². The van der Waals surface area contributed by atoms with Gasteiger partial charge in [-0.25, -0.2) is 17.6 Å². The molecule has 0 saturated heterocycles. The van der Waals surface area contributed by atoms with Crippen molar-refractivity contribution in [2.24, 2.45) is 0 Å². The third-order valence-corrected chi connectivity index (χ3v) is 2.77. The normalized spacial score (nSPS) is 22.4. The number of benzene rings is 1. The number of halogens is 8. The van der Waals surface area contributed by atoms with Crippen LogP contribution in [0.2, 0.25) is 0 Å². The average Bonchev–Trinajstić information content (AvgIpc) is 2.39. The van der Waals surface area contributed by atoms with Gasteiger partial charge in [-0.05, 0) is 0 Å². The van der Waals surface area contributed by atoms with Crippen molar-refractivity contribution >= 4 is 0 Å². The van der Waals surface area contributed by atoms with Crippen LogP contribution in [-0.2, 0) is 11.8 Å². The molecule has 1 aromatic carbocycles. The molecule has 106 valence electrons. The predicted octanol–water partition coefficient (Wildman–Crippen LogP) is 2.12. The third kappa shape index (κ3) is 1.27. The van der Waals surface area contributed by atoms with Crippen molar-refractivity contribution in [3.63, 3.8) is 0 Å². The summed E-state index contributed by atoms with van der Waals surface area (Å²) in [6.07, 6.45) is 0. The van der Waals surface area contributed by atoms with Gasteiger partial charge in [-0.1, -0.05) is 0 Å². The van der Waals surface area contributed by atoms with Gasteiger partial charge in [0.05, 0.1) is 11.1 Å². The third-order valence-electron chi connectivity index (χ3n) is 2.77. The van der Waals surface area contributed by atoms with Gasteiger partial charge in [-0.15, -0.1) is 0 Å². The number of alkyl halides is 4. The standard InChI is InChI=1S/C9H2F8O2/c10-3-1-2(4(11)6(13)5(3)12)8(16,17)9(18,19)7(1,14)15/h18-19H. The zero-order valence-electron chi connectivity index (χ0n) is 8.42. The molecule has 0 fully saturated rings. The van der Waals surface area contributed by atoms with Crippen LogP contribution in [0.3, 0.4) is 0 Å². The van der Waals surface area contributed by atoms with E-state index in [1.54, 1.807) is 0 Å². The Kier molecular flexibility index (Phi) is 2.48. The van der Waals surface area contributed by atoms with E-state index in [4.69, 9.17) is 10.2 Å². The summed E-state index contributed by atoms with van der Waals surface area (Å²) >= 11 is 0. The maximum absolute atomic E-state index is 13.3. The van der Waals surface area contributed by atoms with Crippen molar-refractivity contribution in [2.45, 2.75) is 17.6 Å². The molecule has 1 aliphatic carbocycles. The van der Waals surface area contributed by atoms with Crippen LogP contribution < -0.4 is 0 Å². The number of fused-ring (bicyclic) bond motifs is 1. The lowest BCUT2D eigenvalue weighted by atomic mass is 10.1. The highest BCUT2D eigenvalue weighted by molar-refractivity contribution is 5.46. The van der Waals surface area contributed by atoms with E-state index in [-0.39, 0.29) is 0 Å². The largest absolute Gasteiger partial charge is 0.356 e. The molecule has 0 bridgehead atoms. The minimum Gasteiger partial charge on any atom is -0.356 e. The Morgan fingerprint density at radius 3 is 1.11 bits per heavy atom. The van der Waals surface area contributed by atoms with Gasteiger partial charge in [0.1, 0.15) is 0 Å². The first-order valence-corrected chi connectivity index (χ1v) is 4.46. The molecule has 2 rings (SSSR count). The van der Waals surface area contributed by atoms with Crippen LogP contribution in [0.5, 0.6) is 0 Å². The van der Waals surface area contributed by atoms with Crippen molar-refractivity contribution in [2.75, 3.05) is 0 Å². The fraction of sp³-hybridized carbons (Fsp3) is 0.333. The molecular formula is C9H2F8O2. The van der Waals surface area contributed by atoms with Crippen molar-refractivity contribution in [1.82, 2.24) is 0 Å². The lowest BCUT2D eigenvalue weighted by Crippen LogP contribution is -2.51. The van der Waals surface area contributed by atoms with E-state index in [0.717, 1.165) is 0 Å². The van der Waals surface area contributed by atoms with Crippen LogP contribution in [0.15, 0.2) is 0 Å². The average molecular weight is 294 g/mol. The molecule has 19 heavy (non-hydrogen) atoms. The second-order valence-corrected chi connectivity index (χ2v) is 3.83. The second kappa shape index (κ2) is 3.37. The predicted molar refractivity (Wildman–Crippen MR) is 41.2 cm³/mol. The zero-order chi connectivity index (χ0) is 15.0. The summed E-state index contributed by atoms with van der Waals surface area (Å²) in [6, 6.07) is 0. The van der Waals surface area contributed by atoms with Gasteiger partial charge in [-0.3, -0.25) is 0 Å². The fourth-order valence-electron chi connectivity index (χ4n) is 1.77. The van der Waals surface area contributed by atoms with E-state index in [1.165, 1.54) is 0 Å². The van der Waals surface area contributed by atoms with E-state index in [0.29, 0.717) is 0 Å². The van der Waals surface area contributed by atoms with Crippen LogP contribution in [-0.4, -0.2) is 16.0 Å². The molecule has 2 N–H and O–H groups in total. The summed E-state index contributed by atoms with van der Waals surface area (Å²) in [7, 11) is 0. The van der Waals surface area contributed by atoms with Crippen molar-refractivity contribution < 1.29 is 45.3 Å². The molecular weight excluding hydrogens is 292 g/mol. The summed E-state index contributed by atoms with van der Waals surface area (Å²) in [4.78, 5) is 0. The Hall–Kier alpha value is -1.42. The highest BCUT2D eigenvalue weighted by atomic mass is 19.3. The Bertz CT molecular complexity index is 531. The first kappa shape index (κ1) is 14.0. The Morgan fingerprint density at radius 2 is 0.842 bits per heavy atom. The Morgan fingerprint density at radius 1 is 0.579 bits per heavy atom. The fourth-order valence-corrected chi connectivity index (χ4v) is 1.77. The van der Waals surface area contributed by atoms with Gasteiger partial charge in [0, 0.05) is 0 Å². The van der Waals surface area contributed by atoms with Crippen molar-refractivity contribution in [3.8, 4) is 0 Å². The highest BCUT2D eigenvalue weighted by Gasteiger charge is 2.78. The van der Waals surface area contributed by atoms with Crippen LogP contribution >= 0.6 is 0 Å². The molecule has 0 aromatic heterocycles. The molecule has 1 aromatic rings. The maximum Gasteiger partial charge on any atom is 0.335 e. The number of hydrogen-bond acceptors (Lipinski definition) is 2. The van der Waals surface area contributed by atoms with Gasteiger partial charge in [0.2, 0.25) is 0 Å². The van der Waals surface area contributed by atoms with Gasteiger partial charge < -0.3 is 10.2 Å². The summed E-state index contributed by atoms with van der Waals surface area (Å²) in [5.74, 6) is -27.2. The highest BCUT2D eigenvalue weighted by Crippen LogP contribution is 2.60. The molecule has 10 heteroatoms. The van der Waals surface area contributed by atoms with Crippen LogP contribution in [0.1, 0.15) is 11.1 Å².